The van der Waals surface area contributed by atoms with Gasteiger partial charge in [-0.25, -0.2) is 0 Å². The number of benzene rings is 3. The van der Waals surface area contributed by atoms with Crippen molar-refractivity contribution < 1.29 is 9.59 Å². The Morgan fingerprint density at radius 1 is 0.536 bits per heavy atom. The SMILES string of the molecule is Cc1c(C)c(C(=O)c2ccc(Cl)cc2)c(C)c(C)c1C(=O)c1ccc(Cl)cc1. The molecule has 4 heteroatoms. The zero-order chi connectivity index (χ0) is 20.6. The fourth-order valence-electron chi connectivity index (χ4n) is 3.48. The lowest BCUT2D eigenvalue weighted by Crippen LogP contribution is -2.15. The van der Waals surface area contributed by atoms with Crippen LogP contribution in [0.4, 0.5) is 0 Å². The largest absolute Gasteiger partial charge is 0.289 e. The molecule has 28 heavy (non-hydrogen) atoms. The molecule has 0 N–H and O–H groups in total. The Hall–Kier alpha value is -2.42. The minimum Gasteiger partial charge on any atom is -0.289 e. The van der Waals surface area contributed by atoms with Gasteiger partial charge in [-0.05, 0) is 98.5 Å². The topological polar surface area (TPSA) is 34.1 Å². The van der Waals surface area contributed by atoms with Gasteiger partial charge < -0.3 is 0 Å². The Bertz CT molecular complexity index is 962. The highest BCUT2D eigenvalue weighted by atomic mass is 35.5. The van der Waals surface area contributed by atoms with Gasteiger partial charge in [0.2, 0.25) is 0 Å². The second-order valence-electron chi connectivity index (χ2n) is 6.92. The molecule has 0 aromatic heterocycles. The molecule has 0 aliphatic heterocycles. The first-order valence-corrected chi connectivity index (χ1v) is 9.68. The molecule has 0 spiro atoms. The van der Waals surface area contributed by atoms with Crippen molar-refractivity contribution in [2.24, 2.45) is 0 Å². The summed E-state index contributed by atoms with van der Waals surface area (Å²) in [6.07, 6.45) is 0. The van der Waals surface area contributed by atoms with E-state index in [1.54, 1.807) is 48.5 Å². The molecular weight excluding hydrogens is 391 g/mol. The zero-order valence-electron chi connectivity index (χ0n) is 16.2. The Labute approximate surface area is 175 Å². The number of carbonyl (C=O) groups excluding carboxylic acids is 2. The van der Waals surface area contributed by atoms with Crippen LogP contribution in [0.3, 0.4) is 0 Å². The Kier molecular flexibility index (Phi) is 5.74. The molecule has 0 saturated heterocycles. The molecule has 0 saturated carbocycles. The van der Waals surface area contributed by atoms with Crippen molar-refractivity contribution >= 4 is 34.8 Å². The van der Waals surface area contributed by atoms with Gasteiger partial charge in [0.1, 0.15) is 0 Å². The second kappa shape index (κ2) is 7.90. The van der Waals surface area contributed by atoms with Crippen molar-refractivity contribution in [2.45, 2.75) is 27.7 Å². The molecule has 0 radical (unpaired) electrons. The van der Waals surface area contributed by atoms with Crippen molar-refractivity contribution in [3.8, 4) is 0 Å². The fourth-order valence-corrected chi connectivity index (χ4v) is 3.74. The second-order valence-corrected chi connectivity index (χ2v) is 7.79. The third kappa shape index (κ3) is 3.63. The molecule has 3 aromatic rings. The highest BCUT2D eigenvalue weighted by Crippen LogP contribution is 2.30. The van der Waals surface area contributed by atoms with Crippen LogP contribution in [0.5, 0.6) is 0 Å². The molecular formula is C24H20Cl2O2. The van der Waals surface area contributed by atoms with Gasteiger partial charge in [0, 0.05) is 32.3 Å². The molecule has 3 rings (SSSR count). The van der Waals surface area contributed by atoms with E-state index in [1.807, 2.05) is 27.7 Å². The van der Waals surface area contributed by atoms with Crippen LogP contribution >= 0.6 is 23.2 Å². The summed E-state index contributed by atoms with van der Waals surface area (Å²) < 4.78 is 0. The highest BCUT2D eigenvalue weighted by Gasteiger charge is 2.24. The lowest BCUT2D eigenvalue weighted by atomic mass is 9.83. The number of rotatable bonds is 4. The smallest absolute Gasteiger partial charge is 0.193 e. The molecule has 0 fully saturated rings. The maximum Gasteiger partial charge on any atom is 0.193 e. The summed E-state index contributed by atoms with van der Waals surface area (Å²) in [7, 11) is 0. The Morgan fingerprint density at radius 2 is 0.786 bits per heavy atom. The summed E-state index contributed by atoms with van der Waals surface area (Å²) in [5.74, 6) is -0.133. The van der Waals surface area contributed by atoms with Crippen molar-refractivity contribution in [2.75, 3.05) is 0 Å². The average molecular weight is 411 g/mol. The molecule has 142 valence electrons. The Balaban J connectivity index is 2.14. The Morgan fingerprint density at radius 3 is 1.04 bits per heavy atom. The first kappa shape index (κ1) is 20.3. The summed E-state index contributed by atoms with van der Waals surface area (Å²) >= 11 is 11.9. The maximum atomic E-state index is 13.1. The normalized spacial score (nSPS) is 10.8. The molecule has 0 atom stereocenters. The van der Waals surface area contributed by atoms with Crippen LogP contribution in [-0.4, -0.2) is 11.6 Å². The van der Waals surface area contributed by atoms with Crippen molar-refractivity contribution in [3.63, 3.8) is 0 Å². The quantitative estimate of drug-likeness (QED) is 0.448. The molecule has 3 aromatic carbocycles. The third-order valence-corrected chi connectivity index (χ3v) is 5.80. The third-order valence-electron chi connectivity index (χ3n) is 5.29. The van der Waals surface area contributed by atoms with Gasteiger partial charge in [0.25, 0.3) is 0 Å². The highest BCUT2D eigenvalue weighted by molar-refractivity contribution is 6.31. The van der Waals surface area contributed by atoms with Gasteiger partial charge in [-0.15, -0.1) is 0 Å². The number of hydrogen-bond donors (Lipinski definition) is 0. The van der Waals surface area contributed by atoms with Crippen LogP contribution in [0.15, 0.2) is 48.5 Å². The minimum absolute atomic E-state index is 0.0663. The minimum atomic E-state index is -0.0663. The maximum absolute atomic E-state index is 13.1. The van der Waals surface area contributed by atoms with Crippen LogP contribution in [0.2, 0.25) is 10.0 Å². The summed E-state index contributed by atoms with van der Waals surface area (Å²) in [5.41, 5.74) is 5.72. The number of carbonyl (C=O) groups is 2. The van der Waals surface area contributed by atoms with Crippen molar-refractivity contribution in [1.82, 2.24) is 0 Å². The van der Waals surface area contributed by atoms with E-state index in [1.165, 1.54) is 0 Å². The van der Waals surface area contributed by atoms with Crippen molar-refractivity contribution in [1.29, 1.82) is 0 Å². The summed E-state index contributed by atoms with van der Waals surface area (Å²) in [6.45, 7) is 7.57. The van der Waals surface area contributed by atoms with Crippen molar-refractivity contribution in [3.05, 3.63) is 103 Å². The van der Waals surface area contributed by atoms with E-state index in [4.69, 9.17) is 23.2 Å². The fraction of sp³-hybridized carbons (Fsp3) is 0.167. The molecule has 0 bridgehead atoms. The van der Waals surface area contributed by atoms with Gasteiger partial charge >= 0.3 is 0 Å². The average Bonchev–Trinajstić information content (AvgIpc) is 2.67. The molecule has 0 aliphatic carbocycles. The predicted octanol–water partition coefficient (Wildman–Crippen LogP) is 6.69. The standard InChI is InChI=1S/C24H20Cl2O2/c1-13-14(2)22(24(28)18-7-11-20(26)12-8-18)16(4)15(3)21(13)23(27)17-5-9-19(25)10-6-17/h5-12H,1-4H3. The molecule has 0 unspecified atom stereocenters. The predicted molar refractivity (Wildman–Crippen MR) is 115 cm³/mol. The van der Waals surface area contributed by atoms with E-state index in [0.29, 0.717) is 32.3 Å². The van der Waals surface area contributed by atoms with Crippen LogP contribution in [0.25, 0.3) is 0 Å². The summed E-state index contributed by atoms with van der Waals surface area (Å²) in [4.78, 5) is 26.3. The number of ketones is 2. The number of halogens is 2. The summed E-state index contributed by atoms with van der Waals surface area (Å²) in [5, 5.41) is 1.17. The number of hydrogen-bond acceptors (Lipinski definition) is 2. The van der Waals surface area contributed by atoms with Crippen LogP contribution < -0.4 is 0 Å². The van der Waals surface area contributed by atoms with Crippen LogP contribution in [0.1, 0.15) is 54.1 Å². The van der Waals surface area contributed by atoms with Gasteiger partial charge in [-0.1, -0.05) is 23.2 Å². The molecule has 0 aliphatic rings. The van der Waals surface area contributed by atoms with Gasteiger partial charge in [-0.3, -0.25) is 9.59 Å². The first-order chi connectivity index (χ1) is 13.2. The van der Waals surface area contributed by atoms with E-state index in [-0.39, 0.29) is 11.6 Å². The lowest BCUT2D eigenvalue weighted by Gasteiger charge is -2.19. The molecule has 0 heterocycles. The molecule has 0 amide bonds. The van der Waals surface area contributed by atoms with Gasteiger partial charge in [-0.2, -0.15) is 0 Å². The first-order valence-electron chi connectivity index (χ1n) is 8.93. The zero-order valence-corrected chi connectivity index (χ0v) is 17.7. The lowest BCUT2D eigenvalue weighted by molar-refractivity contribution is 0.102. The van der Waals surface area contributed by atoms with E-state index < -0.39 is 0 Å². The molecule has 2 nitrogen and oxygen atoms in total. The van der Waals surface area contributed by atoms with Gasteiger partial charge in [0.15, 0.2) is 11.6 Å². The monoisotopic (exact) mass is 410 g/mol. The summed E-state index contributed by atoms with van der Waals surface area (Å²) in [6, 6.07) is 13.7. The van der Waals surface area contributed by atoms with Crippen LogP contribution in [0, 0.1) is 27.7 Å². The van der Waals surface area contributed by atoms with E-state index in [2.05, 4.69) is 0 Å². The van der Waals surface area contributed by atoms with Crippen LogP contribution in [-0.2, 0) is 0 Å². The van der Waals surface area contributed by atoms with E-state index >= 15 is 0 Å². The van der Waals surface area contributed by atoms with Gasteiger partial charge in [0.05, 0.1) is 0 Å². The van der Waals surface area contributed by atoms with E-state index in [0.717, 1.165) is 22.3 Å². The van der Waals surface area contributed by atoms with E-state index in [9.17, 15) is 9.59 Å².